The van der Waals surface area contributed by atoms with Crippen LogP contribution < -0.4 is 5.32 Å². The lowest BCUT2D eigenvalue weighted by molar-refractivity contribution is 0.0679. The summed E-state index contributed by atoms with van der Waals surface area (Å²) in [7, 11) is 0. The Balaban J connectivity index is 1.83. The van der Waals surface area contributed by atoms with Gasteiger partial charge >= 0.3 is 5.97 Å². The summed E-state index contributed by atoms with van der Waals surface area (Å²) in [5.74, 6) is -0.590. The minimum atomic E-state index is -0.852. The van der Waals surface area contributed by atoms with Gasteiger partial charge in [-0.2, -0.15) is 0 Å². The standard InChI is InChI=1S/C30H32N2O2/c1-2-11-25(23-18-19-31-20-23)32-26-17-10-9-16-24(26)28(29(32)30(33)34)27(21-12-5-3-6-13-21)22-14-7-4-8-15-22/h3-10,12-17,23,25,27,31H,2,11,18-20H2,1H3,(H,33,34). The van der Waals surface area contributed by atoms with Crippen LogP contribution in [0.3, 0.4) is 0 Å². The van der Waals surface area contributed by atoms with Crippen molar-refractivity contribution < 1.29 is 9.90 Å². The number of benzene rings is 3. The molecule has 4 nitrogen and oxygen atoms in total. The molecule has 0 radical (unpaired) electrons. The van der Waals surface area contributed by atoms with Crippen molar-refractivity contribution in [3.05, 3.63) is 107 Å². The van der Waals surface area contributed by atoms with Gasteiger partial charge in [-0.1, -0.05) is 92.2 Å². The SMILES string of the molecule is CCCC(C1CCNC1)n1c(C(=O)O)c(C(c2ccccc2)c2ccccc2)c2ccccc21. The highest BCUT2D eigenvalue weighted by Crippen LogP contribution is 2.43. The van der Waals surface area contributed by atoms with Crippen molar-refractivity contribution in [2.75, 3.05) is 13.1 Å². The fourth-order valence-corrected chi connectivity index (χ4v) is 5.84. The molecule has 1 fully saturated rings. The third kappa shape index (κ3) is 4.03. The topological polar surface area (TPSA) is 54.3 Å². The van der Waals surface area contributed by atoms with E-state index in [9.17, 15) is 9.90 Å². The Morgan fingerprint density at radius 1 is 0.971 bits per heavy atom. The quantitative estimate of drug-likeness (QED) is 0.322. The monoisotopic (exact) mass is 452 g/mol. The molecule has 0 aliphatic carbocycles. The molecule has 0 spiro atoms. The summed E-state index contributed by atoms with van der Waals surface area (Å²) in [6, 6.07) is 29.0. The minimum Gasteiger partial charge on any atom is -0.477 e. The summed E-state index contributed by atoms with van der Waals surface area (Å²) in [6.07, 6.45) is 3.06. The smallest absolute Gasteiger partial charge is 0.352 e. The van der Waals surface area contributed by atoms with Crippen LogP contribution in [-0.4, -0.2) is 28.7 Å². The lowest BCUT2D eigenvalue weighted by Gasteiger charge is -2.27. The number of aromatic carboxylic acids is 1. The van der Waals surface area contributed by atoms with Gasteiger partial charge in [-0.25, -0.2) is 4.79 Å². The predicted octanol–water partition coefficient (Wildman–Crippen LogP) is 6.47. The summed E-state index contributed by atoms with van der Waals surface area (Å²) < 4.78 is 2.17. The second-order valence-electron chi connectivity index (χ2n) is 9.32. The summed E-state index contributed by atoms with van der Waals surface area (Å²) >= 11 is 0. The molecule has 4 aromatic rings. The molecule has 2 atom stereocenters. The molecule has 1 aliphatic rings. The molecule has 2 N–H and O–H groups in total. The first-order valence-electron chi connectivity index (χ1n) is 12.4. The van der Waals surface area contributed by atoms with Gasteiger partial charge in [0.1, 0.15) is 5.69 Å². The van der Waals surface area contributed by atoms with Crippen LogP contribution in [0.4, 0.5) is 0 Å². The van der Waals surface area contributed by atoms with Crippen molar-refractivity contribution >= 4 is 16.9 Å². The van der Waals surface area contributed by atoms with Crippen molar-refractivity contribution in [2.45, 2.75) is 38.1 Å². The molecule has 5 rings (SSSR count). The van der Waals surface area contributed by atoms with E-state index in [4.69, 9.17) is 0 Å². The summed E-state index contributed by atoms with van der Waals surface area (Å²) in [5, 5.41) is 15.2. The third-order valence-corrected chi connectivity index (χ3v) is 7.27. The van der Waals surface area contributed by atoms with E-state index < -0.39 is 5.97 Å². The van der Waals surface area contributed by atoms with Crippen molar-refractivity contribution in [3.8, 4) is 0 Å². The Bertz CT molecular complexity index is 1220. The number of rotatable bonds is 8. The third-order valence-electron chi connectivity index (χ3n) is 7.27. The number of para-hydroxylation sites is 1. The Kier molecular flexibility index (Phi) is 6.50. The number of fused-ring (bicyclic) bond motifs is 1. The number of aromatic nitrogens is 1. The Morgan fingerprint density at radius 2 is 1.59 bits per heavy atom. The van der Waals surface area contributed by atoms with Crippen LogP contribution in [0.5, 0.6) is 0 Å². The maximum absolute atomic E-state index is 13.1. The zero-order valence-electron chi connectivity index (χ0n) is 19.7. The van der Waals surface area contributed by atoms with E-state index in [1.165, 1.54) is 0 Å². The average Bonchev–Trinajstić information content (AvgIpc) is 3.52. The van der Waals surface area contributed by atoms with Crippen molar-refractivity contribution in [2.24, 2.45) is 5.92 Å². The van der Waals surface area contributed by atoms with Gasteiger partial charge in [0, 0.05) is 28.4 Å². The fraction of sp³-hybridized carbons (Fsp3) is 0.300. The average molecular weight is 453 g/mol. The largest absolute Gasteiger partial charge is 0.477 e. The van der Waals surface area contributed by atoms with Gasteiger partial charge in [-0.3, -0.25) is 0 Å². The van der Waals surface area contributed by atoms with Crippen LogP contribution in [0.25, 0.3) is 10.9 Å². The van der Waals surface area contributed by atoms with Gasteiger partial charge in [0.15, 0.2) is 0 Å². The summed E-state index contributed by atoms with van der Waals surface area (Å²) in [5.41, 5.74) is 4.57. The molecule has 0 amide bonds. The number of carboxylic acid groups (broad SMARTS) is 1. The predicted molar refractivity (Wildman–Crippen MR) is 138 cm³/mol. The molecule has 1 aromatic heterocycles. The Labute approximate surface area is 201 Å². The molecular weight excluding hydrogens is 420 g/mol. The fourth-order valence-electron chi connectivity index (χ4n) is 5.84. The lowest BCUT2D eigenvalue weighted by atomic mass is 9.83. The van der Waals surface area contributed by atoms with Crippen molar-refractivity contribution in [1.29, 1.82) is 0 Å². The molecule has 3 aromatic carbocycles. The minimum absolute atomic E-state index is 0.150. The van der Waals surface area contributed by atoms with Gasteiger partial charge in [-0.15, -0.1) is 0 Å². The molecule has 1 saturated heterocycles. The zero-order valence-corrected chi connectivity index (χ0v) is 19.7. The zero-order chi connectivity index (χ0) is 23.5. The van der Waals surface area contributed by atoms with E-state index in [1.807, 2.05) is 48.5 Å². The number of hydrogen-bond donors (Lipinski definition) is 2. The molecule has 0 saturated carbocycles. The van der Waals surface area contributed by atoms with Gasteiger partial charge in [0.25, 0.3) is 0 Å². The van der Waals surface area contributed by atoms with E-state index in [-0.39, 0.29) is 12.0 Å². The molecule has 174 valence electrons. The maximum Gasteiger partial charge on any atom is 0.352 e. The number of nitrogens with one attached hydrogen (secondary N) is 1. The Morgan fingerprint density at radius 3 is 2.15 bits per heavy atom. The van der Waals surface area contributed by atoms with Crippen LogP contribution in [0.1, 0.15) is 65.3 Å². The first-order chi connectivity index (χ1) is 16.7. The molecule has 1 aliphatic heterocycles. The first-order valence-corrected chi connectivity index (χ1v) is 12.4. The van der Waals surface area contributed by atoms with Crippen molar-refractivity contribution in [3.63, 3.8) is 0 Å². The molecule has 2 unspecified atom stereocenters. The maximum atomic E-state index is 13.1. The molecule has 2 heterocycles. The van der Waals surface area contributed by atoms with Crippen LogP contribution in [0.15, 0.2) is 84.9 Å². The van der Waals surface area contributed by atoms with Gasteiger partial charge < -0.3 is 15.0 Å². The molecular formula is C30H32N2O2. The highest BCUT2D eigenvalue weighted by Gasteiger charge is 2.35. The van der Waals surface area contributed by atoms with Gasteiger partial charge in [-0.05, 0) is 49.0 Å². The Hall–Kier alpha value is -3.37. The van der Waals surface area contributed by atoms with E-state index in [1.54, 1.807) is 0 Å². The van der Waals surface area contributed by atoms with E-state index in [2.05, 4.69) is 53.2 Å². The van der Waals surface area contributed by atoms with E-state index >= 15 is 0 Å². The van der Waals surface area contributed by atoms with Crippen LogP contribution in [-0.2, 0) is 0 Å². The second-order valence-corrected chi connectivity index (χ2v) is 9.32. The van der Waals surface area contributed by atoms with E-state index in [0.717, 1.165) is 59.9 Å². The molecule has 0 bridgehead atoms. The lowest BCUT2D eigenvalue weighted by Crippen LogP contribution is -2.25. The normalized spacial score (nSPS) is 16.8. The van der Waals surface area contributed by atoms with Crippen molar-refractivity contribution in [1.82, 2.24) is 9.88 Å². The molecule has 34 heavy (non-hydrogen) atoms. The van der Waals surface area contributed by atoms with Gasteiger partial charge in [0.2, 0.25) is 0 Å². The van der Waals surface area contributed by atoms with Crippen LogP contribution in [0, 0.1) is 5.92 Å². The van der Waals surface area contributed by atoms with Gasteiger partial charge in [0.05, 0.1) is 0 Å². The second kappa shape index (κ2) is 9.86. The highest BCUT2D eigenvalue weighted by atomic mass is 16.4. The number of carboxylic acids is 1. The summed E-state index contributed by atoms with van der Waals surface area (Å²) in [6.45, 7) is 4.13. The molecule has 4 heteroatoms. The number of carbonyl (C=O) groups is 1. The highest BCUT2D eigenvalue weighted by molar-refractivity contribution is 5.99. The number of nitrogens with zero attached hydrogens (tertiary/aromatic N) is 1. The van der Waals surface area contributed by atoms with Crippen LogP contribution >= 0.6 is 0 Å². The van der Waals surface area contributed by atoms with Crippen LogP contribution in [0.2, 0.25) is 0 Å². The van der Waals surface area contributed by atoms with E-state index in [0.29, 0.717) is 11.6 Å². The first kappa shape index (κ1) is 22.4. The summed E-state index contributed by atoms with van der Waals surface area (Å²) in [4.78, 5) is 13.1. The number of hydrogen-bond acceptors (Lipinski definition) is 2.